The van der Waals surface area contributed by atoms with Crippen LogP contribution in [0.5, 0.6) is 0 Å². The highest BCUT2D eigenvalue weighted by molar-refractivity contribution is 7.73. The van der Waals surface area contributed by atoms with Gasteiger partial charge in [-0.15, -0.1) is 0 Å². The van der Waals surface area contributed by atoms with E-state index >= 15 is 0 Å². The minimum Gasteiger partial charge on any atom is -0.226 e. The fraction of sp³-hybridized carbons (Fsp3) is 1.00. The Labute approximate surface area is 55.8 Å². The van der Waals surface area contributed by atoms with Gasteiger partial charge in [-0.2, -0.15) is 8.78 Å². The summed E-state index contributed by atoms with van der Waals surface area (Å²) >= 11 is 0. The standard InChI is InChI=1S/C3H4F4O2S/c4-2(5)1-3(6,7)10(8)9/h2,10H,1H2. The van der Waals surface area contributed by atoms with E-state index in [1.54, 1.807) is 0 Å². The van der Waals surface area contributed by atoms with Crippen molar-refractivity contribution in [2.24, 2.45) is 0 Å². The van der Waals surface area contributed by atoms with Crippen LogP contribution < -0.4 is 0 Å². The summed E-state index contributed by atoms with van der Waals surface area (Å²) < 4.78 is 64.7. The first kappa shape index (κ1) is 9.67. The second kappa shape index (κ2) is 3.18. The van der Waals surface area contributed by atoms with Crippen molar-refractivity contribution in [2.45, 2.75) is 18.1 Å². The topological polar surface area (TPSA) is 34.1 Å². The largest absolute Gasteiger partial charge is 0.348 e. The minimum absolute atomic E-state index is 1.92. The van der Waals surface area contributed by atoms with Crippen LogP contribution in [0.1, 0.15) is 6.42 Å². The maximum atomic E-state index is 11.7. The summed E-state index contributed by atoms with van der Waals surface area (Å²) in [6.07, 6.45) is -5.23. The lowest BCUT2D eigenvalue weighted by Crippen LogP contribution is -2.21. The molecule has 0 aromatic heterocycles. The molecule has 0 radical (unpaired) electrons. The van der Waals surface area contributed by atoms with Gasteiger partial charge in [-0.25, -0.2) is 17.2 Å². The molecule has 0 saturated carbocycles. The zero-order valence-electron chi connectivity index (χ0n) is 4.56. The second-order valence-corrected chi connectivity index (χ2v) is 2.69. The van der Waals surface area contributed by atoms with Crippen LogP contribution in [0.4, 0.5) is 17.6 Å². The fourth-order valence-electron chi connectivity index (χ4n) is 0.260. The van der Waals surface area contributed by atoms with Crippen molar-refractivity contribution in [3.05, 3.63) is 0 Å². The van der Waals surface area contributed by atoms with E-state index in [4.69, 9.17) is 0 Å². The molecule has 10 heavy (non-hydrogen) atoms. The van der Waals surface area contributed by atoms with Gasteiger partial charge < -0.3 is 0 Å². The van der Waals surface area contributed by atoms with Crippen molar-refractivity contribution in [1.82, 2.24) is 0 Å². The van der Waals surface area contributed by atoms with Crippen LogP contribution in [0.25, 0.3) is 0 Å². The highest BCUT2D eigenvalue weighted by Gasteiger charge is 2.36. The van der Waals surface area contributed by atoms with Gasteiger partial charge in [0.1, 0.15) is 0 Å². The Balaban J connectivity index is 4.13. The molecule has 0 spiro atoms. The maximum Gasteiger partial charge on any atom is 0.348 e. The maximum absolute atomic E-state index is 11.7. The van der Waals surface area contributed by atoms with Gasteiger partial charge in [0, 0.05) is 0 Å². The third-order valence-electron chi connectivity index (χ3n) is 0.667. The molecule has 0 aromatic carbocycles. The van der Waals surface area contributed by atoms with E-state index in [1.807, 2.05) is 0 Å². The van der Waals surface area contributed by atoms with E-state index in [1.165, 1.54) is 0 Å². The zero-order valence-corrected chi connectivity index (χ0v) is 5.45. The molecular weight excluding hydrogens is 176 g/mol. The van der Waals surface area contributed by atoms with Crippen LogP contribution in [0, 0.1) is 0 Å². The Morgan fingerprint density at radius 3 is 1.80 bits per heavy atom. The summed E-state index contributed by atoms with van der Waals surface area (Å²) in [5, 5.41) is -4.27. The second-order valence-electron chi connectivity index (χ2n) is 1.52. The van der Waals surface area contributed by atoms with Crippen LogP contribution in [0.2, 0.25) is 0 Å². The van der Waals surface area contributed by atoms with E-state index in [0.717, 1.165) is 0 Å². The summed E-state index contributed by atoms with van der Waals surface area (Å²) in [7, 11) is -4.09. The summed E-state index contributed by atoms with van der Waals surface area (Å²) in [5.41, 5.74) is 0. The third kappa shape index (κ3) is 3.00. The first-order chi connectivity index (χ1) is 4.36. The Hall–Kier alpha value is -0.330. The average molecular weight is 180 g/mol. The Morgan fingerprint density at radius 1 is 1.30 bits per heavy atom. The molecule has 0 amide bonds. The minimum atomic E-state index is -4.27. The highest BCUT2D eigenvalue weighted by atomic mass is 32.2. The molecule has 0 rings (SSSR count). The average Bonchev–Trinajstić information content (AvgIpc) is 1.60. The van der Waals surface area contributed by atoms with Gasteiger partial charge in [-0.3, -0.25) is 0 Å². The van der Waals surface area contributed by atoms with Crippen molar-refractivity contribution >= 4 is 10.7 Å². The van der Waals surface area contributed by atoms with Gasteiger partial charge >= 0.3 is 5.25 Å². The Kier molecular flexibility index (Phi) is 3.07. The number of hydrogen-bond donors (Lipinski definition) is 1. The third-order valence-corrected chi connectivity index (χ3v) is 1.38. The van der Waals surface area contributed by atoms with Gasteiger partial charge in [-0.05, 0) is 0 Å². The number of hydrogen-bond acceptors (Lipinski definition) is 2. The van der Waals surface area contributed by atoms with Crippen molar-refractivity contribution in [1.29, 1.82) is 0 Å². The molecule has 0 unspecified atom stereocenters. The zero-order chi connectivity index (χ0) is 8.36. The van der Waals surface area contributed by atoms with Gasteiger partial charge in [-0.1, -0.05) is 0 Å². The van der Waals surface area contributed by atoms with Gasteiger partial charge in [0.15, 0.2) is 0 Å². The van der Waals surface area contributed by atoms with Crippen LogP contribution in [0.15, 0.2) is 0 Å². The number of rotatable bonds is 3. The molecule has 0 atom stereocenters. The van der Waals surface area contributed by atoms with Crippen molar-refractivity contribution < 1.29 is 26.0 Å². The molecule has 0 aliphatic heterocycles. The van der Waals surface area contributed by atoms with E-state index in [9.17, 15) is 26.0 Å². The number of alkyl halides is 4. The molecule has 0 aromatic rings. The quantitative estimate of drug-likeness (QED) is 0.516. The molecule has 0 bridgehead atoms. The fourth-order valence-corrected chi connectivity index (χ4v) is 0.547. The van der Waals surface area contributed by atoms with Crippen LogP contribution in [-0.4, -0.2) is 20.1 Å². The summed E-state index contributed by atoms with van der Waals surface area (Å²) in [6.45, 7) is 0. The lowest BCUT2D eigenvalue weighted by atomic mass is 10.5. The summed E-state index contributed by atoms with van der Waals surface area (Å²) in [6, 6.07) is 0. The normalized spacial score (nSPS) is 13.0. The molecule has 0 N–H and O–H groups in total. The predicted molar refractivity (Wildman–Crippen MR) is 25.9 cm³/mol. The number of halogens is 4. The molecular formula is C3H4F4O2S. The summed E-state index contributed by atoms with van der Waals surface area (Å²) in [5.74, 6) is 0. The molecule has 0 heterocycles. The molecule has 62 valence electrons. The molecule has 0 saturated heterocycles. The smallest absolute Gasteiger partial charge is 0.226 e. The molecule has 0 fully saturated rings. The van der Waals surface area contributed by atoms with Crippen molar-refractivity contribution in [3.8, 4) is 0 Å². The van der Waals surface area contributed by atoms with Gasteiger partial charge in [0.25, 0.3) is 0 Å². The van der Waals surface area contributed by atoms with E-state index < -0.39 is 28.8 Å². The lowest BCUT2D eigenvalue weighted by molar-refractivity contribution is 0.0137. The van der Waals surface area contributed by atoms with E-state index in [0.29, 0.717) is 0 Å². The van der Waals surface area contributed by atoms with Crippen LogP contribution in [0.3, 0.4) is 0 Å². The Bertz CT molecular complexity index is 167. The van der Waals surface area contributed by atoms with Gasteiger partial charge in [0.2, 0.25) is 17.1 Å². The molecule has 7 heteroatoms. The molecule has 2 nitrogen and oxygen atoms in total. The van der Waals surface area contributed by atoms with Gasteiger partial charge in [0.05, 0.1) is 6.42 Å². The van der Waals surface area contributed by atoms with E-state index in [-0.39, 0.29) is 0 Å². The summed E-state index contributed by atoms with van der Waals surface area (Å²) in [4.78, 5) is 0. The Morgan fingerprint density at radius 2 is 1.70 bits per heavy atom. The SMILES string of the molecule is O=[SH](=O)C(F)(F)CC(F)F. The van der Waals surface area contributed by atoms with Crippen molar-refractivity contribution in [2.75, 3.05) is 0 Å². The molecule has 0 aliphatic carbocycles. The van der Waals surface area contributed by atoms with E-state index in [2.05, 4.69) is 0 Å². The van der Waals surface area contributed by atoms with Crippen LogP contribution in [-0.2, 0) is 10.7 Å². The lowest BCUT2D eigenvalue weighted by Gasteiger charge is -2.06. The number of thiol groups is 1. The first-order valence-corrected chi connectivity index (χ1v) is 3.34. The molecule has 0 aliphatic rings. The predicted octanol–water partition coefficient (Wildman–Crippen LogP) is 0.846. The van der Waals surface area contributed by atoms with Crippen LogP contribution >= 0.6 is 0 Å². The van der Waals surface area contributed by atoms with Crippen molar-refractivity contribution in [3.63, 3.8) is 0 Å². The monoisotopic (exact) mass is 180 g/mol. The highest BCUT2D eigenvalue weighted by Crippen LogP contribution is 2.22. The first-order valence-electron chi connectivity index (χ1n) is 2.16.